The van der Waals surface area contributed by atoms with Gasteiger partial charge >= 0.3 is 0 Å². The highest BCUT2D eigenvalue weighted by atomic mass is 16.2. The van der Waals surface area contributed by atoms with Crippen LogP contribution in [0.3, 0.4) is 0 Å². The fourth-order valence-corrected chi connectivity index (χ4v) is 3.95. The van der Waals surface area contributed by atoms with Gasteiger partial charge in [-0.2, -0.15) is 0 Å². The van der Waals surface area contributed by atoms with Gasteiger partial charge in [-0.15, -0.1) is 0 Å². The Morgan fingerprint density at radius 1 is 1.08 bits per heavy atom. The molecule has 24 heavy (non-hydrogen) atoms. The van der Waals surface area contributed by atoms with Crippen molar-refractivity contribution in [1.82, 2.24) is 10.0 Å². The number of nitrogens with zero attached hydrogens (tertiary/aromatic N) is 2. The van der Waals surface area contributed by atoms with Crippen molar-refractivity contribution >= 4 is 11.8 Å². The van der Waals surface area contributed by atoms with Gasteiger partial charge in [0.2, 0.25) is 0 Å². The zero-order chi connectivity index (χ0) is 17.3. The summed E-state index contributed by atoms with van der Waals surface area (Å²) in [6.45, 7) is 5.68. The Balaban J connectivity index is 1.85. The molecular weight excluding hydrogens is 300 g/mol. The summed E-state index contributed by atoms with van der Waals surface area (Å²) in [6, 6.07) is 7.79. The molecule has 1 aromatic rings. The van der Waals surface area contributed by atoms with Crippen LogP contribution in [0, 0.1) is 6.92 Å². The maximum Gasteiger partial charge on any atom is 0.273 e. The van der Waals surface area contributed by atoms with Gasteiger partial charge in [0.1, 0.15) is 5.54 Å². The minimum Gasteiger partial charge on any atom is -0.270 e. The molecule has 1 aliphatic carbocycles. The first-order valence-corrected chi connectivity index (χ1v) is 9.18. The molecule has 1 heterocycles. The molecule has 0 bridgehead atoms. The van der Waals surface area contributed by atoms with E-state index in [2.05, 4.69) is 0 Å². The van der Waals surface area contributed by atoms with Crippen LogP contribution in [0.1, 0.15) is 74.7 Å². The van der Waals surface area contributed by atoms with E-state index in [1.807, 2.05) is 45.0 Å². The van der Waals surface area contributed by atoms with Gasteiger partial charge in [-0.3, -0.25) is 9.59 Å². The quantitative estimate of drug-likeness (QED) is 0.820. The summed E-state index contributed by atoms with van der Waals surface area (Å²) < 4.78 is 0. The van der Waals surface area contributed by atoms with Gasteiger partial charge in [-0.1, -0.05) is 49.8 Å². The van der Waals surface area contributed by atoms with Gasteiger partial charge in [0, 0.05) is 5.56 Å². The van der Waals surface area contributed by atoms with Crippen molar-refractivity contribution in [3.05, 3.63) is 35.4 Å². The summed E-state index contributed by atoms with van der Waals surface area (Å²) in [5.41, 5.74) is 0.970. The number of hydrazine groups is 1. The highest BCUT2D eigenvalue weighted by molar-refractivity contribution is 6.04. The fraction of sp³-hybridized carbons (Fsp3) is 0.600. The number of hydrogen-bond acceptors (Lipinski definition) is 2. The molecular formula is C20H28N2O2. The van der Waals surface area contributed by atoms with Gasteiger partial charge < -0.3 is 0 Å². The molecule has 2 amide bonds. The summed E-state index contributed by atoms with van der Waals surface area (Å²) in [4.78, 5) is 25.8. The lowest BCUT2D eigenvalue weighted by Gasteiger charge is -2.58. The topological polar surface area (TPSA) is 40.6 Å². The molecule has 1 saturated heterocycles. The lowest BCUT2D eigenvalue weighted by Crippen LogP contribution is -2.78. The molecule has 3 rings (SSSR count). The van der Waals surface area contributed by atoms with Gasteiger partial charge in [-0.25, -0.2) is 10.0 Å². The number of carbonyl (C=O) groups is 2. The van der Waals surface area contributed by atoms with Crippen molar-refractivity contribution in [2.75, 3.05) is 0 Å². The lowest BCUT2D eigenvalue weighted by molar-refractivity contribution is -0.209. The van der Waals surface area contributed by atoms with Gasteiger partial charge in [0.15, 0.2) is 0 Å². The maximum absolute atomic E-state index is 13.1. The van der Waals surface area contributed by atoms with Gasteiger partial charge in [0.05, 0.1) is 6.04 Å². The largest absolute Gasteiger partial charge is 0.273 e. The normalized spacial score (nSPS) is 21.9. The van der Waals surface area contributed by atoms with E-state index < -0.39 is 5.54 Å². The first-order valence-electron chi connectivity index (χ1n) is 9.18. The third-order valence-electron chi connectivity index (χ3n) is 5.35. The van der Waals surface area contributed by atoms with Crippen LogP contribution in [-0.4, -0.2) is 33.4 Å². The Morgan fingerprint density at radius 3 is 2.33 bits per heavy atom. The van der Waals surface area contributed by atoms with Crippen molar-refractivity contribution in [1.29, 1.82) is 0 Å². The predicted molar refractivity (Wildman–Crippen MR) is 94.4 cm³/mol. The average molecular weight is 328 g/mol. The van der Waals surface area contributed by atoms with Crippen molar-refractivity contribution in [2.24, 2.45) is 0 Å². The van der Waals surface area contributed by atoms with E-state index in [4.69, 9.17) is 0 Å². The van der Waals surface area contributed by atoms with Crippen LogP contribution >= 0.6 is 0 Å². The van der Waals surface area contributed by atoms with Crippen LogP contribution in [0.4, 0.5) is 0 Å². The van der Waals surface area contributed by atoms with E-state index >= 15 is 0 Å². The molecule has 0 spiro atoms. The SMILES string of the molecule is Cc1cccc(C(=O)N2N(C3CCCCCCC3)C(=O)C2(C)C)c1. The Labute approximate surface area is 144 Å². The second kappa shape index (κ2) is 6.58. The molecule has 1 aliphatic heterocycles. The first-order chi connectivity index (χ1) is 11.4. The fourth-order valence-electron chi connectivity index (χ4n) is 3.95. The number of carbonyl (C=O) groups excluding carboxylic acids is 2. The van der Waals surface area contributed by atoms with E-state index in [1.54, 1.807) is 10.0 Å². The second-order valence-electron chi connectivity index (χ2n) is 7.69. The smallest absolute Gasteiger partial charge is 0.270 e. The lowest BCUT2D eigenvalue weighted by atomic mass is 9.90. The molecule has 2 fully saturated rings. The Hall–Kier alpha value is -1.84. The van der Waals surface area contributed by atoms with Gasteiger partial charge in [0.25, 0.3) is 11.8 Å². The standard InChI is InChI=1S/C20H28N2O2/c1-15-10-9-11-16(14-15)18(23)22-20(2,3)19(24)21(22)17-12-7-5-4-6-8-13-17/h9-11,14,17H,4-8,12-13H2,1-3H3. The third kappa shape index (κ3) is 2.94. The van der Waals surface area contributed by atoms with Crippen LogP contribution in [0.15, 0.2) is 24.3 Å². The summed E-state index contributed by atoms with van der Waals surface area (Å²) in [5.74, 6) is 0.0134. The van der Waals surface area contributed by atoms with Crippen LogP contribution in [0.25, 0.3) is 0 Å². The second-order valence-corrected chi connectivity index (χ2v) is 7.69. The molecule has 4 nitrogen and oxygen atoms in total. The third-order valence-corrected chi connectivity index (χ3v) is 5.35. The average Bonchev–Trinajstić information content (AvgIpc) is 2.52. The Kier molecular flexibility index (Phi) is 4.66. The minimum absolute atomic E-state index is 0.0645. The maximum atomic E-state index is 13.1. The molecule has 1 aromatic carbocycles. The first kappa shape index (κ1) is 17.0. The summed E-state index contributed by atoms with van der Waals surface area (Å²) >= 11 is 0. The Bertz CT molecular complexity index is 630. The molecule has 0 aromatic heterocycles. The van der Waals surface area contributed by atoms with E-state index in [9.17, 15) is 9.59 Å². The molecule has 0 N–H and O–H groups in total. The molecule has 1 saturated carbocycles. The highest BCUT2D eigenvalue weighted by Crippen LogP contribution is 2.38. The molecule has 0 radical (unpaired) electrons. The highest BCUT2D eigenvalue weighted by Gasteiger charge is 2.57. The van der Waals surface area contributed by atoms with E-state index in [1.165, 1.54) is 19.3 Å². The zero-order valence-corrected chi connectivity index (χ0v) is 15.0. The summed E-state index contributed by atoms with van der Waals surface area (Å²) in [6.07, 6.45) is 8.03. The number of benzene rings is 1. The monoisotopic (exact) mass is 328 g/mol. The van der Waals surface area contributed by atoms with Crippen molar-refractivity contribution < 1.29 is 9.59 Å². The van der Waals surface area contributed by atoms with E-state index in [-0.39, 0.29) is 17.9 Å². The van der Waals surface area contributed by atoms with Crippen LogP contribution in [-0.2, 0) is 4.79 Å². The summed E-state index contributed by atoms with van der Waals surface area (Å²) in [5, 5.41) is 3.46. The number of amides is 2. The van der Waals surface area contributed by atoms with E-state index in [0.717, 1.165) is 31.2 Å². The van der Waals surface area contributed by atoms with Crippen molar-refractivity contribution in [3.8, 4) is 0 Å². The summed E-state index contributed by atoms with van der Waals surface area (Å²) in [7, 11) is 0. The molecule has 0 atom stereocenters. The zero-order valence-electron chi connectivity index (χ0n) is 15.0. The van der Waals surface area contributed by atoms with Crippen molar-refractivity contribution in [3.63, 3.8) is 0 Å². The van der Waals surface area contributed by atoms with E-state index in [0.29, 0.717) is 5.56 Å². The molecule has 2 aliphatic rings. The van der Waals surface area contributed by atoms with Crippen LogP contribution < -0.4 is 0 Å². The number of rotatable bonds is 2. The predicted octanol–water partition coefficient (Wildman–Crippen LogP) is 4.09. The van der Waals surface area contributed by atoms with Crippen LogP contribution in [0.5, 0.6) is 0 Å². The molecule has 4 heteroatoms. The van der Waals surface area contributed by atoms with Gasteiger partial charge in [-0.05, 0) is 45.7 Å². The number of aryl methyl sites for hydroxylation is 1. The van der Waals surface area contributed by atoms with Crippen molar-refractivity contribution in [2.45, 2.75) is 77.3 Å². The number of hydrogen-bond donors (Lipinski definition) is 0. The molecule has 130 valence electrons. The van der Waals surface area contributed by atoms with Crippen LogP contribution in [0.2, 0.25) is 0 Å². The minimum atomic E-state index is -0.747. The molecule has 0 unspecified atom stereocenters. The Morgan fingerprint density at radius 2 is 1.71 bits per heavy atom.